The Morgan fingerprint density at radius 2 is 2.10 bits per heavy atom. The van der Waals surface area contributed by atoms with Crippen molar-refractivity contribution >= 4 is 28.8 Å². The van der Waals surface area contributed by atoms with E-state index in [-0.39, 0.29) is 24.2 Å². The summed E-state index contributed by atoms with van der Waals surface area (Å²) in [5.74, 6) is 0.702. The Morgan fingerprint density at radius 3 is 2.87 bits per heavy atom. The number of rotatable bonds is 8. The quantitative estimate of drug-likeness (QED) is 0.634. The van der Waals surface area contributed by atoms with Crippen LogP contribution in [0.4, 0.5) is 5.69 Å². The molecule has 31 heavy (non-hydrogen) atoms. The standard InChI is InChI=1S/C23H29N3O4S/c1-29-16-9-10-19(30-2)18(13-16)26-14-15(12-22(26)27)23(28)24-11-5-8-21-25-17-6-3-4-7-20(17)31-21/h9-10,13,15H,3-8,11-12,14H2,1-2H3,(H,24,28). The summed E-state index contributed by atoms with van der Waals surface area (Å²) >= 11 is 1.83. The molecule has 1 fully saturated rings. The molecule has 0 bridgehead atoms. The van der Waals surface area contributed by atoms with E-state index < -0.39 is 0 Å². The first-order valence-corrected chi connectivity index (χ1v) is 11.7. The molecule has 4 rings (SSSR count). The van der Waals surface area contributed by atoms with E-state index in [1.165, 1.54) is 28.4 Å². The van der Waals surface area contributed by atoms with Crippen molar-refractivity contribution in [2.45, 2.75) is 44.9 Å². The molecule has 1 N–H and O–H groups in total. The molecule has 2 amide bonds. The van der Waals surface area contributed by atoms with Crippen molar-refractivity contribution in [1.82, 2.24) is 10.3 Å². The van der Waals surface area contributed by atoms with Gasteiger partial charge in [-0.15, -0.1) is 11.3 Å². The van der Waals surface area contributed by atoms with Gasteiger partial charge in [0, 0.05) is 36.9 Å². The molecule has 1 atom stereocenters. The van der Waals surface area contributed by atoms with Gasteiger partial charge in [0.25, 0.3) is 0 Å². The molecule has 2 heterocycles. The predicted molar refractivity (Wildman–Crippen MR) is 120 cm³/mol. The first-order valence-electron chi connectivity index (χ1n) is 10.9. The van der Waals surface area contributed by atoms with Gasteiger partial charge in [-0.3, -0.25) is 9.59 Å². The maximum Gasteiger partial charge on any atom is 0.227 e. The second-order valence-electron chi connectivity index (χ2n) is 8.02. The molecule has 1 saturated heterocycles. The van der Waals surface area contributed by atoms with Crippen molar-refractivity contribution in [2.75, 3.05) is 32.2 Å². The van der Waals surface area contributed by atoms with Gasteiger partial charge in [-0.25, -0.2) is 4.98 Å². The van der Waals surface area contributed by atoms with E-state index in [2.05, 4.69) is 5.32 Å². The van der Waals surface area contributed by atoms with Gasteiger partial charge in [-0.05, 0) is 44.2 Å². The molecule has 1 aliphatic heterocycles. The van der Waals surface area contributed by atoms with Crippen molar-refractivity contribution in [3.8, 4) is 11.5 Å². The number of aryl methyl sites for hydroxylation is 3. The Bertz CT molecular complexity index is 935. The minimum atomic E-state index is -0.365. The lowest BCUT2D eigenvalue weighted by atomic mass is 10.0. The number of methoxy groups -OCH3 is 2. The average Bonchev–Trinajstić information content (AvgIpc) is 3.39. The zero-order chi connectivity index (χ0) is 21.8. The lowest BCUT2D eigenvalue weighted by Crippen LogP contribution is -2.33. The molecule has 2 aromatic rings. The second-order valence-corrected chi connectivity index (χ2v) is 9.19. The first-order chi connectivity index (χ1) is 15.1. The lowest BCUT2D eigenvalue weighted by Gasteiger charge is -2.20. The Morgan fingerprint density at radius 1 is 1.26 bits per heavy atom. The summed E-state index contributed by atoms with van der Waals surface area (Å²) in [5.41, 5.74) is 1.92. The van der Waals surface area contributed by atoms with Gasteiger partial charge in [-0.1, -0.05) is 0 Å². The molecule has 166 valence electrons. The highest BCUT2D eigenvalue weighted by molar-refractivity contribution is 7.11. The number of hydrogen-bond acceptors (Lipinski definition) is 6. The number of anilines is 1. The molecule has 2 aliphatic rings. The van der Waals surface area contributed by atoms with Gasteiger partial charge in [0.05, 0.1) is 36.5 Å². The fourth-order valence-electron chi connectivity index (χ4n) is 4.23. The Hall–Kier alpha value is -2.61. The monoisotopic (exact) mass is 443 g/mol. The summed E-state index contributed by atoms with van der Waals surface area (Å²) in [7, 11) is 3.14. The molecular formula is C23H29N3O4S. The van der Waals surface area contributed by atoms with Gasteiger partial charge < -0.3 is 19.7 Å². The van der Waals surface area contributed by atoms with Crippen molar-refractivity contribution in [3.63, 3.8) is 0 Å². The van der Waals surface area contributed by atoms with E-state index in [0.717, 1.165) is 25.7 Å². The zero-order valence-corrected chi connectivity index (χ0v) is 18.9. The third-order valence-corrected chi connectivity index (χ3v) is 7.15. The SMILES string of the molecule is COc1ccc(OC)c(N2CC(C(=O)NCCCc3nc4c(s3)CCCC4)CC2=O)c1. The van der Waals surface area contributed by atoms with Crippen LogP contribution in [0.15, 0.2) is 18.2 Å². The van der Waals surface area contributed by atoms with Crippen LogP contribution in [-0.2, 0) is 28.9 Å². The third-order valence-electron chi connectivity index (χ3n) is 5.93. The predicted octanol–water partition coefficient (Wildman–Crippen LogP) is 3.14. The van der Waals surface area contributed by atoms with Crippen molar-refractivity contribution in [2.24, 2.45) is 5.92 Å². The molecular weight excluding hydrogens is 414 g/mol. The molecule has 8 heteroatoms. The fourth-order valence-corrected chi connectivity index (χ4v) is 5.43. The number of amides is 2. The maximum absolute atomic E-state index is 12.7. The van der Waals surface area contributed by atoms with E-state index in [9.17, 15) is 9.59 Å². The van der Waals surface area contributed by atoms with Crippen LogP contribution in [0.5, 0.6) is 11.5 Å². The summed E-state index contributed by atoms with van der Waals surface area (Å²) in [6, 6.07) is 5.32. The number of nitrogens with one attached hydrogen (secondary N) is 1. The first kappa shape index (κ1) is 21.6. The number of fused-ring (bicyclic) bond motifs is 1. The van der Waals surface area contributed by atoms with Crippen molar-refractivity contribution in [3.05, 3.63) is 33.8 Å². The highest BCUT2D eigenvalue weighted by atomic mass is 32.1. The van der Waals surface area contributed by atoms with Gasteiger partial charge in [0.2, 0.25) is 11.8 Å². The molecule has 1 aromatic heterocycles. The molecule has 7 nitrogen and oxygen atoms in total. The van der Waals surface area contributed by atoms with Gasteiger partial charge in [0.15, 0.2) is 0 Å². The number of benzene rings is 1. The van der Waals surface area contributed by atoms with Gasteiger partial charge in [-0.2, -0.15) is 0 Å². The van der Waals surface area contributed by atoms with Crippen LogP contribution in [-0.4, -0.2) is 44.1 Å². The largest absolute Gasteiger partial charge is 0.497 e. The molecule has 0 spiro atoms. The van der Waals surface area contributed by atoms with E-state index >= 15 is 0 Å². The molecule has 0 radical (unpaired) electrons. The third kappa shape index (κ3) is 4.84. The smallest absolute Gasteiger partial charge is 0.227 e. The second kappa shape index (κ2) is 9.68. The lowest BCUT2D eigenvalue weighted by molar-refractivity contribution is -0.126. The number of nitrogens with zero attached hydrogens (tertiary/aromatic N) is 2. The molecule has 1 aromatic carbocycles. The van der Waals surface area contributed by atoms with E-state index in [0.29, 0.717) is 30.3 Å². The van der Waals surface area contributed by atoms with Crippen LogP contribution in [0.2, 0.25) is 0 Å². The van der Waals surface area contributed by atoms with Gasteiger partial charge in [0.1, 0.15) is 11.5 Å². The summed E-state index contributed by atoms with van der Waals surface area (Å²) in [4.78, 5) is 33.1. The highest BCUT2D eigenvalue weighted by Gasteiger charge is 2.36. The van der Waals surface area contributed by atoms with Crippen LogP contribution >= 0.6 is 11.3 Å². The van der Waals surface area contributed by atoms with Gasteiger partial charge >= 0.3 is 0 Å². The fraction of sp³-hybridized carbons (Fsp3) is 0.522. The summed E-state index contributed by atoms with van der Waals surface area (Å²) in [6.07, 6.45) is 6.71. The van der Waals surface area contributed by atoms with Crippen LogP contribution in [0.25, 0.3) is 0 Å². The van der Waals surface area contributed by atoms with E-state index in [1.54, 1.807) is 37.3 Å². The number of thiazole rings is 1. The molecule has 0 saturated carbocycles. The topological polar surface area (TPSA) is 80.8 Å². The number of carbonyl (C=O) groups is 2. The summed E-state index contributed by atoms with van der Waals surface area (Å²) in [5, 5.41) is 4.18. The minimum Gasteiger partial charge on any atom is -0.497 e. The maximum atomic E-state index is 12.7. The zero-order valence-electron chi connectivity index (χ0n) is 18.1. The van der Waals surface area contributed by atoms with E-state index in [1.807, 2.05) is 11.3 Å². The number of hydrogen-bond donors (Lipinski definition) is 1. The minimum absolute atomic E-state index is 0.0730. The van der Waals surface area contributed by atoms with Crippen molar-refractivity contribution in [1.29, 1.82) is 0 Å². The molecule has 1 aliphatic carbocycles. The van der Waals surface area contributed by atoms with Crippen LogP contribution < -0.4 is 19.7 Å². The summed E-state index contributed by atoms with van der Waals surface area (Å²) in [6.45, 7) is 0.934. The van der Waals surface area contributed by atoms with Crippen LogP contribution in [0.3, 0.4) is 0 Å². The summed E-state index contributed by atoms with van der Waals surface area (Å²) < 4.78 is 10.7. The number of carbonyl (C=O) groups excluding carboxylic acids is 2. The highest BCUT2D eigenvalue weighted by Crippen LogP contribution is 2.36. The Labute approximate surface area is 186 Å². The van der Waals surface area contributed by atoms with Crippen LogP contribution in [0.1, 0.15) is 41.3 Å². The Balaban J connectivity index is 1.29. The van der Waals surface area contributed by atoms with Crippen molar-refractivity contribution < 1.29 is 19.1 Å². The van der Waals surface area contributed by atoms with Crippen LogP contribution in [0, 0.1) is 5.92 Å². The van der Waals surface area contributed by atoms with E-state index in [4.69, 9.17) is 14.5 Å². The average molecular weight is 444 g/mol. The molecule has 1 unspecified atom stereocenters. The Kier molecular flexibility index (Phi) is 6.75. The normalized spacial score (nSPS) is 18.1. The number of ether oxygens (including phenoxy) is 2. The number of aromatic nitrogens is 1.